The molecule has 0 saturated heterocycles. The Kier molecular flexibility index (Phi) is 5.11. The topological polar surface area (TPSA) is 122 Å². The lowest BCUT2D eigenvalue weighted by molar-refractivity contribution is 0.108. The van der Waals surface area contributed by atoms with Crippen LogP contribution in [0.15, 0.2) is 49.1 Å². The van der Waals surface area contributed by atoms with E-state index in [0.717, 1.165) is 11.1 Å². The first-order valence-electron chi connectivity index (χ1n) is 8.33. The third-order valence-corrected chi connectivity index (χ3v) is 3.62. The third kappa shape index (κ3) is 4.33. The number of rotatable bonds is 8. The highest BCUT2D eigenvalue weighted by molar-refractivity contribution is 5.51. The second kappa shape index (κ2) is 8.19. The van der Waals surface area contributed by atoms with Crippen LogP contribution in [0.5, 0.6) is 0 Å². The zero-order valence-electron chi connectivity index (χ0n) is 14.3. The summed E-state index contributed by atoms with van der Waals surface area (Å²) in [6.07, 6.45) is 6.79. The van der Waals surface area contributed by atoms with Gasteiger partial charge in [-0.1, -0.05) is 0 Å². The van der Waals surface area contributed by atoms with Crippen LogP contribution in [0.3, 0.4) is 0 Å². The van der Waals surface area contributed by atoms with E-state index in [9.17, 15) is 0 Å². The predicted octanol–water partition coefficient (Wildman–Crippen LogP) is 0.500. The normalized spacial score (nSPS) is 11.0. The molecule has 0 unspecified atom stereocenters. The number of pyridine rings is 2. The average molecular weight is 364 g/mol. The maximum atomic E-state index is 5.59. The van der Waals surface area contributed by atoms with Crippen LogP contribution in [0.2, 0.25) is 0 Å². The monoisotopic (exact) mass is 364 g/mol. The molecule has 0 N–H and O–H groups in total. The van der Waals surface area contributed by atoms with Crippen molar-refractivity contribution in [3.63, 3.8) is 0 Å². The Morgan fingerprint density at radius 2 is 1.26 bits per heavy atom. The first kappa shape index (κ1) is 16.8. The molecular weight excluding hydrogens is 348 g/mol. The molecule has 0 spiro atoms. The van der Waals surface area contributed by atoms with Crippen molar-refractivity contribution in [2.75, 3.05) is 13.2 Å². The highest BCUT2D eigenvalue weighted by Gasteiger charge is 2.07. The van der Waals surface area contributed by atoms with E-state index in [1.54, 1.807) is 24.8 Å². The van der Waals surface area contributed by atoms with Gasteiger partial charge in [-0.25, -0.2) is 0 Å². The molecule has 0 aliphatic heterocycles. The van der Waals surface area contributed by atoms with Crippen molar-refractivity contribution in [3.8, 4) is 22.8 Å². The largest absolute Gasteiger partial charge is 0.377 e. The highest BCUT2D eigenvalue weighted by atomic mass is 16.5. The summed E-state index contributed by atoms with van der Waals surface area (Å²) in [6, 6.07) is 7.43. The highest BCUT2D eigenvalue weighted by Crippen LogP contribution is 2.11. The van der Waals surface area contributed by atoms with Gasteiger partial charge < -0.3 is 4.74 Å². The summed E-state index contributed by atoms with van der Waals surface area (Å²) in [5.41, 5.74) is 1.65. The zero-order valence-corrected chi connectivity index (χ0v) is 14.3. The minimum absolute atomic E-state index is 0.451. The van der Waals surface area contributed by atoms with Gasteiger partial charge in [0, 0.05) is 35.9 Å². The first-order chi connectivity index (χ1) is 13.4. The van der Waals surface area contributed by atoms with Crippen LogP contribution in [-0.2, 0) is 17.8 Å². The lowest BCUT2D eigenvalue weighted by Crippen LogP contribution is -2.13. The van der Waals surface area contributed by atoms with Gasteiger partial charge in [0.25, 0.3) is 0 Å². The predicted molar refractivity (Wildman–Crippen MR) is 92.9 cm³/mol. The summed E-state index contributed by atoms with van der Waals surface area (Å²) >= 11 is 0. The molecule has 0 radical (unpaired) electrons. The molecule has 0 amide bonds. The van der Waals surface area contributed by atoms with Gasteiger partial charge in [-0.05, 0) is 34.7 Å². The summed E-state index contributed by atoms with van der Waals surface area (Å²) in [5, 5.41) is 24.6. The van der Waals surface area contributed by atoms with Crippen LogP contribution in [0.4, 0.5) is 0 Å². The van der Waals surface area contributed by atoms with Gasteiger partial charge in [0.15, 0.2) is 0 Å². The Morgan fingerprint density at radius 3 is 1.70 bits per heavy atom. The minimum Gasteiger partial charge on any atom is -0.377 e. The van der Waals surface area contributed by atoms with Crippen molar-refractivity contribution in [2.45, 2.75) is 13.1 Å². The van der Waals surface area contributed by atoms with Gasteiger partial charge >= 0.3 is 0 Å². The second-order valence-electron chi connectivity index (χ2n) is 5.51. The van der Waals surface area contributed by atoms with Crippen molar-refractivity contribution in [1.29, 1.82) is 0 Å². The van der Waals surface area contributed by atoms with Crippen molar-refractivity contribution in [2.24, 2.45) is 0 Å². The van der Waals surface area contributed by atoms with Crippen LogP contribution in [0.25, 0.3) is 22.8 Å². The standard InChI is InChI=1S/C16H16N10O/c1-3-13(11-17-5-1)15-19-23-25(21-15)7-9-27-10-8-26-22-16(20-24-26)14-4-2-6-18-12-14/h1-6,11-12H,7-10H2. The van der Waals surface area contributed by atoms with E-state index >= 15 is 0 Å². The van der Waals surface area contributed by atoms with Crippen LogP contribution >= 0.6 is 0 Å². The van der Waals surface area contributed by atoms with Gasteiger partial charge in [0.05, 0.1) is 26.3 Å². The molecule has 0 aromatic carbocycles. The summed E-state index contributed by atoms with van der Waals surface area (Å²) in [5.74, 6) is 1.08. The average Bonchev–Trinajstić information content (AvgIpc) is 3.39. The number of ether oxygens (including phenoxy) is 1. The smallest absolute Gasteiger partial charge is 0.206 e. The Morgan fingerprint density at radius 1 is 0.741 bits per heavy atom. The van der Waals surface area contributed by atoms with E-state index in [1.165, 1.54) is 9.59 Å². The SMILES string of the molecule is c1cncc(-c2nnn(CCOCCn3nnc(-c4cccnc4)n3)n2)c1. The fraction of sp³-hybridized carbons (Fsp3) is 0.250. The van der Waals surface area contributed by atoms with Crippen LogP contribution in [0, 0.1) is 0 Å². The number of tetrazole rings is 2. The van der Waals surface area contributed by atoms with Crippen molar-refractivity contribution < 1.29 is 4.74 Å². The third-order valence-electron chi connectivity index (χ3n) is 3.62. The molecule has 27 heavy (non-hydrogen) atoms. The van der Waals surface area contributed by atoms with Crippen molar-refractivity contribution in [1.82, 2.24) is 50.4 Å². The number of hydrogen-bond acceptors (Lipinski definition) is 9. The van der Waals surface area contributed by atoms with Gasteiger partial charge in [-0.3, -0.25) is 9.97 Å². The van der Waals surface area contributed by atoms with Crippen molar-refractivity contribution in [3.05, 3.63) is 49.1 Å². The quantitative estimate of drug-likeness (QED) is 0.411. The lowest BCUT2D eigenvalue weighted by atomic mass is 10.3. The molecule has 0 atom stereocenters. The summed E-state index contributed by atoms with van der Waals surface area (Å²) in [7, 11) is 0. The Bertz CT molecular complexity index is 889. The molecule has 4 aromatic heterocycles. The minimum atomic E-state index is 0.451. The van der Waals surface area contributed by atoms with Gasteiger partial charge in [-0.15, -0.1) is 20.4 Å². The Labute approximate surface area is 154 Å². The van der Waals surface area contributed by atoms with E-state index in [4.69, 9.17) is 4.74 Å². The molecule has 4 aromatic rings. The molecule has 0 aliphatic rings. The lowest BCUT2D eigenvalue weighted by Gasteiger charge is -2.02. The van der Waals surface area contributed by atoms with E-state index in [0.29, 0.717) is 38.0 Å². The summed E-state index contributed by atoms with van der Waals surface area (Å²) < 4.78 is 5.59. The fourth-order valence-electron chi connectivity index (χ4n) is 2.29. The van der Waals surface area contributed by atoms with E-state index < -0.39 is 0 Å². The van der Waals surface area contributed by atoms with Gasteiger partial charge in [-0.2, -0.15) is 9.59 Å². The van der Waals surface area contributed by atoms with Crippen LogP contribution < -0.4 is 0 Å². The molecule has 11 nitrogen and oxygen atoms in total. The summed E-state index contributed by atoms with van der Waals surface area (Å²) in [4.78, 5) is 11.1. The Balaban J connectivity index is 1.21. The molecule has 0 bridgehead atoms. The molecule has 4 heterocycles. The van der Waals surface area contributed by atoms with E-state index in [-0.39, 0.29) is 0 Å². The maximum absolute atomic E-state index is 5.59. The number of hydrogen-bond donors (Lipinski definition) is 0. The zero-order chi connectivity index (χ0) is 18.3. The van der Waals surface area contributed by atoms with Crippen LogP contribution in [-0.4, -0.2) is 63.6 Å². The molecule has 136 valence electrons. The molecule has 11 heteroatoms. The number of nitrogens with zero attached hydrogens (tertiary/aromatic N) is 10. The molecule has 4 rings (SSSR count). The summed E-state index contributed by atoms with van der Waals surface area (Å²) in [6.45, 7) is 1.90. The molecule has 0 saturated carbocycles. The molecule has 0 fully saturated rings. The maximum Gasteiger partial charge on any atom is 0.206 e. The first-order valence-corrected chi connectivity index (χ1v) is 8.33. The molecule has 0 aliphatic carbocycles. The van der Waals surface area contributed by atoms with Gasteiger partial charge in [0.1, 0.15) is 0 Å². The number of aromatic nitrogens is 10. The van der Waals surface area contributed by atoms with Crippen LogP contribution in [0.1, 0.15) is 0 Å². The second-order valence-corrected chi connectivity index (χ2v) is 5.51. The van der Waals surface area contributed by atoms with Crippen molar-refractivity contribution >= 4 is 0 Å². The van der Waals surface area contributed by atoms with E-state index in [2.05, 4.69) is 40.8 Å². The molecular formula is C16H16N10O. The fourth-order valence-corrected chi connectivity index (χ4v) is 2.29. The van der Waals surface area contributed by atoms with Gasteiger partial charge in [0.2, 0.25) is 11.6 Å². The Hall–Kier alpha value is -3.60. The van der Waals surface area contributed by atoms with E-state index in [1.807, 2.05) is 24.3 Å².